The van der Waals surface area contributed by atoms with Crippen LogP contribution in [0.1, 0.15) is 23.2 Å². The largest absolute Gasteiger partial charge is 0.494 e. The van der Waals surface area contributed by atoms with E-state index in [1.54, 1.807) is 13.2 Å². The van der Waals surface area contributed by atoms with Gasteiger partial charge < -0.3 is 14.4 Å². The standard InChI is InChI=1S/C16H20FNO3/c1-20-13-5-11-8-18(9-12(11)6-13)16(19)10-3-4-15(21-2)14(17)7-10/h3-4,7,11-13H,5-6,8-9H2,1-2H3/t11-,12+,13?. The molecule has 1 heterocycles. The number of hydrogen-bond donors (Lipinski definition) is 0. The summed E-state index contributed by atoms with van der Waals surface area (Å²) in [5, 5.41) is 0. The summed E-state index contributed by atoms with van der Waals surface area (Å²) >= 11 is 0. The van der Waals surface area contributed by atoms with Crippen LogP contribution in [-0.4, -0.2) is 44.2 Å². The van der Waals surface area contributed by atoms with Crippen LogP contribution >= 0.6 is 0 Å². The Labute approximate surface area is 123 Å². The van der Waals surface area contributed by atoms with Gasteiger partial charge in [0, 0.05) is 25.8 Å². The Morgan fingerprint density at radius 1 is 1.24 bits per heavy atom. The topological polar surface area (TPSA) is 38.8 Å². The summed E-state index contributed by atoms with van der Waals surface area (Å²) in [6, 6.07) is 4.38. The number of methoxy groups -OCH3 is 2. The van der Waals surface area contributed by atoms with Gasteiger partial charge in [0.15, 0.2) is 11.6 Å². The Kier molecular flexibility index (Phi) is 3.85. The predicted octanol–water partition coefficient (Wildman–Crippen LogP) is 2.33. The van der Waals surface area contributed by atoms with Crippen molar-refractivity contribution in [2.45, 2.75) is 18.9 Å². The molecule has 114 valence electrons. The Morgan fingerprint density at radius 3 is 2.43 bits per heavy atom. The van der Waals surface area contributed by atoms with Gasteiger partial charge in [-0.2, -0.15) is 0 Å². The van der Waals surface area contributed by atoms with E-state index in [0.29, 0.717) is 23.5 Å². The van der Waals surface area contributed by atoms with Gasteiger partial charge in [-0.25, -0.2) is 4.39 Å². The fourth-order valence-electron chi connectivity index (χ4n) is 3.58. The zero-order valence-electron chi connectivity index (χ0n) is 12.3. The van der Waals surface area contributed by atoms with Crippen LogP contribution < -0.4 is 4.74 Å². The van der Waals surface area contributed by atoms with Gasteiger partial charge in [0.05, 0.1) is 13.2 Å². The molecule has 0 bridgehead atoms. The first-order chi connectivity index (χ1) is 10.1. The second kappa shape index (κ2) is 5.64. The monoisotopic (exact) mass is 293 g/mol. The first-order valence-electron chi connectivity index (χ1n) is 7.28. The summed E-state index contributed by atoms with van der Waals surface area (Å²) in [4.78, 5) is 14.3. The lowest BCUT2D eigenvalue weighted by Gasteiger charge is -2.19. The van der Waals surface area contributed by atoms with Crippen LogP contribution in [0.4, 0.5) is 4.39 Å². The maximum absolute atomic E-state index is 13.7. The van der Waals surface area contributed by atoms with Crippen LogP contribution in [0, 0.1) is 17.7 Å². The lowest BCUT2D eigenvalue weighted by atomic mass is 10.0. The van der Waals surface area contributed by atoms with Crippen molar-refractivity contribution in [2.24, 2.45) is 11.8 Å². The van der Waals surface area contributed by atoms with E-state index >= 15 is 0 Å². The van der Waals surface area contributed by atoms with Crippen molar-refractivity contribution in [1.82, 2.24) is 4.90 Å². The minimum atomic E-state index is -0.498. The Morgan fingerprint density at radius 2 is 1.90 bits per heavy atom. The zero-order valence-corrected chi connectivity index (χ0v) is 12.3. The number of benzene rings is 1. The minimum Gasteiger partial charge on any atom is -0.494 e. The van der Waals surface area contributed by atoms with Gasteiger partial charge in [0.1, 0.15) is 0 Å². The fourth-order valence-corrected chi connectivity index (χ4v) is 3.58. The van der Waals surface area contributed by atoms with Gasteiger partial charge >= 0.3 is 0 Å². The third-order valence-electron chi connectivity index (χ3n) is 4.73. The van der Waals surface area contributed by atoms with Crippen molar-refractivity contribution in [3.8, 4) is 5.75 Å². The number of halogens is 1. The van der Waals surface area contributed by atoms with Crippen molar-refractivity contribution in [1.29, 1.82) is 0 Å². The highest BCUT2D eigenvalue weighted by atomic mass is 19.1. The summed E-state index contributed by atoms with van der Waals surface area (Å²) in [6.07, 6.45) is 2.36. The Bertz CT molecular complexity index is 534. The molecular weight excluding hydrogens is 273 g/mol. The highest BCUT2D eigenvalue weighted by Gasteiger charge is 2.42. The molecule has 3 rings (SSSR count). The number of ether oxygens (including phenoxy) is 2. The van der Waals surface area contributed by atoms with Gasteiger partial charge in [0.2, 0.25) is 0 Å². The van der Waals surface area contributed by atoms with E-state index in [2.05, 4.69) is 0 Å². The Hall–Kier alpha value is -1.62. The van der Waals surface area contributed by atoms with Gasteiger partial charge in [-0.05, 0) is 42.9 Å². The maximum Gasteiger partial charge on any atom is 0.253 e. The van der Waals surface area contributed by atoms with E-state index in [4.69, 9.17) is 9.47 Å². The quantitative estimate of drug-likeness (QED) is 0.858. The van der Waals surface area contributed by atoms with Crippen LogP contribution in [0.2, 0.25) is 0 Å². The third-order valence-corrected chi connectivity index (χ3v) is 4.73. The van der Waals surface area contributed by atoms with E-state index in [9.17, 15) is 9.18 Å². The summed E-state index contributed by atoms with van der Waals surface area (Å²) in [7, 11) is 3.16. The van der Waals surface area contributed by atoms with Gasteiger partial charge in [-0.1, -0.05) is 0 Å². The lowest BCUT2D eigenvalue weighted by Crippen LogP contribution is -2.30. The average molecular weight is 293 g/mol. The van der Waals surface area contributed by atoms with E-state index in [1.807, 2.05) is 4.90 Å². The van der Waals surface area contributed by atoms with Crippen molar-refractivity contribution < 1.29 is 18.7 Å². The number of amides is 1. The third kappa shape index (κ3) is 2.62. The molecule has 0 radical (unpaired) electrons. The molecule has 1 saturated heterocycles. The molecule has 1 aliphatic carbocycles. The highest BCUT2D eigenvalue weighted by molar-refractivity contribution is 5.94. The molecular formula is C16H20FNO3. The van der Waals surface area contributed by atoms with Crippen molar-refractivity contribution >= 4 is 5.91 Å². The van der Waals surface area contributed by atoms with Crippen LogP contribution in [0.3, 0.4) is 0 Å². The van der Waals surface area contributed by atoms with E-state index in [0.717, 1.165) is 25.9 Å². The average Bonchev–Trinajstić information content (AvgIpc) is 3.04. The molecule has 1 saturated carbocycles. The molecule has 2 fully saturated rings. The van der Waals surface area contributed by atoms with Crippen LogP contribution in [-0.2, 0) is 4.74 Å². The number of likely N-dealkylation sites (tertiary alicyclic amines) is 1. The smallest absolute Gasteiger partial charge is 0.253 e. The van der Waals surface area contributed by atoms with Crippen molar-refractivity contribution in [3.63, 3.8) is 0 Å². The van der Waals surface area contributed by atoms with Crippen LogP contribution in [0.25, 0.3) is 0 Å². The van der Waals surface area contributed by atoms with Crippen LogP contribution in [0.15, 0.2) is 18.2 Å². The first kappa shape index (κ1) is 14.3. The van der Waals surface area contributed by atoms with Gasteiger partial charge in [-0.3, -0.25) is 4.79 Å². The van der Waals surface area contributed by atoms with Gasteiger partial charge in [0.25, 0.3) is 5.91 Å². The maximum atomic E-state index is 13.7. The molecule has 21 heavy (non-hydrogen) atoms. The molecule has 1 aliphatic heterocycles. The predicted molar refractivity (Wildman–Crippen MR) is 75.9 cm³/mol. The van der Waals surface area contributed by atoms with Crippen LogP contribution in [0.5, 0.6) is 5.75 Å². The molecule has 0 N–H and O–H groups in total. The molecule has 4 nitrogen and oxygen atoms in total. The number of rotatable bonds is 3. The summed E-state index contributed by atoms with van der Waals surface area (Å²) < 4.78 is 24.0. The molecule has 1 unspecified atom stereocenters. The molecule has 3 atom stereocenters. The van der Waals surface area contributed by atoms with Gasteiger partial charge in [-0.15, -0.1) is 0 Å². The second-order valence-electron chi connectivity index (χ2n) is 5.91. The zero-order chi connectivity index (χ0) is 15.0. The number of carbonyl (C=O) groups excluding carboxylic acids is 1. The Balaban J connectivity index is 1.69. The van der Waals surface area contributed by atoms with E-state index < -0.39 is 5.82 Å². The summed E-state index contributed by atoms with van der Waals surface area (Å²) in [5.41, 5.74) is 0.386. The number of nitrogens with zero attached hydrogens (tertiary/aromatic N) is 1. The van der Waals surface area contributed by atoms with Crippen molar-refractivity contribution in [3.05, 3.63) is 29.6 Å². The molecule has 5 heteroatoms. The number of hydrogen-bond acceptors (Lipinski definition) is 3. The number of fused-ring (bicyclic) bond motifs is 1. The first-order valence-corrected chi connectivity index (χ1v) is 7.28. The van der Waals surface area contributed by atoms with Crippen molar-refractivity contribution in [2.75, 3.05) is 27.3 Å². The molecule has 1 aromatic rings. The fraction of sp³-hybridized carbons (Fsp3) is 0.562. The summed E-state index contributed by atoms with van der Waals surface area (Å²) in [5.74, 6) is 0.596. The SMILES string of the molecule is COc1ccc(C(=O)N2C[C@H]3CC(OC)C[C@H]3C2)cc1F. The summed E-state index contributed by atoms with van der Waals surface area (Å²) in [6.45, 7) is 1.49. The number of carbonyl (C=O) groups is 1. The van der Waals surface area contributed by atoms with E-state index in [1.165, 1.54) is 19.2 Å². The minimum absolute atomic E-state index is 0.0973. The lowest BCUT2D eigenvalue weighted by molar-refractivity contribution is 0.0731. The molecule has 2 aliphatic rings. The normalized spacial score (nSPS) is 27.8. The highest BCUT2D eigenvalue weighted by Crippen LogP contribution is 2.39. The molecule has 0 spiro atoms. The molecule has 0 aromatic heterocycles. The molecule has 1 aromatic carbocycles. The molecule has 1 amide bonds. The van der Waals surface area contributed by atoms with E-state index in [-0.39, 0.29) is 11.7 Å². The second-order valence-corrected chi connectivity index (χ2v) is 5.91.